The van der Waals surface area contributed by atoms with Gasteiger partial charge in [0.2, 0.25) is 5.78 Å². The van der Waals surface area contributed by atoms with Crippen LogP contribution >= 0.6 is 11.8 Å². The molecule has 0 radical (unpaired) electrons. The zero-order valence-electron chi connectivity index (χ0n) is 25.6. The molecule has 0 heterocycles. The third-order valence-corrected chi connectivity index (χ3v) is 6.50. The van der Waals surface area contributed by atoms with E-state index in [1.165, 1.54) is 30.8 Å². The number of oxime groups is 1. The average Bonchev–Trinajstić information content (AvgIpc) is 3.01. The molecule has 51 heavy (non-hydrogen) atoms. The fourth-order valence-electron chi connectivity index (χ4n) is 2.99. The molecule has 0 bridgehead atoms. The molecule has 2 aromatic carbocycles. The Balaban J connectivity index is 1.84. The molecule has 0 aliphatic carbocycles. The Morgan fingerprint density at radius 3 is 1.71 bits per heavy atom. The topological polar surface area (TPSA) is 127 Å². The molecule has 0 spiro atoms. The Morgan fingerprint density at radius 2 is 1.20 bits per heavy atom. The smallest absolute Gasteiger partial charge is 0.456 e. The molecule has 0 saturated heterocycles. The number of rotatable bonds is 17. The number of halogens is 11. The number of Topliss-reactive ketones (excluding diaryl/α,β-unsaturated/α-hetero) is 1. The highest BCUT2D eigenvalue weighted by Crippen LogP contribution is 2.47. The molecule has 0 aromatic heterocycles. The predicted octanol–water partition coefficient (Wildman–Crippen LogP) is 7.71. The number of carbonyl (C=O) groups excluding carboxylic acids is 4. The predicted molar refractivity (Wildman–Crippen MR) is 149 cm³/mol. The van der Waals surface area contributed by atoms with E-state index in [4.69, 9.17) is 4.74 Å². The Hall–Kier alpha value is -4.57. The number of carbonyl (C=O) groups is 4. The van der Waals surface area contributed by atoms with Crippen molar-refractivity contribution in [2.75, 3.05) is 6.61 Å². The molecular formula is C29H22F11NO9S. The highest BCUT2D eigenvalue weighted by atomic mass is 32.2. The maximum absolute atomic E-state index is 13.6. The summed E-state index contributed by atoms with van der Waals surface area (Å²) in [5.74, 6) is -4.11. The molecule has 22 heteroatoms. The van der Waals surface area contributed by atoms with E-state index < -0.39 is 73.8 Å². The van der Waals surface area contributed by atoms with Crippen molar-refractivity contribution in [1.82, 2.24) is 0 Å². The van der Waals surface area contributed by atoms with Gasteiger partial charge in [0.15, 0.2) is 6.61 Å². The van der Waals surface area contributed by atoms with Gasteiger partial charge in [-0.25, -0.2) is 19.1 Å². The van der Waals surface area contributed by atoms with Crippen LogP contribution in [0.3, 0.4) is 0 Å². The zero-order valence-corrected chi connectivity index (χ0v) is 26.5. The SMILES string of the molecule is C=C(C)C(=O)Oc1ccc(Sc2ccc(C(=O)/C(C)=N/OC(=O)CCC(=O)OCC(F)(F)OC(F)(F)C(F)(F)OC(F)(F)C(F)(F)F)cc2)cc1. The van der Waals surface area contributed by atoms with E-state index >= 15 is 0 Å². The van der Waals surface area contributed by atoms with E-state index in [2.05, 4.69) is 26.0 Å². The van der Waals surface area contributed by atoms with Crippen LogP contribution in [0.25, 0.3) is 0 Å². The summed E-state index contributed by atoms with van der Waals surface area (Å²) in [6.07, 6.45) is -35.3. The van der Waals surface area contributed by atoms with Crippen LogP contribution in [0.1, 0.15) is 37.0 Å². The highest BCUT2D eigenvalue weighted by Gasteiger charge is 2.72. The Bertz CT molecular complexity index is 1630. The van der Waals surface area contributed by atoms with Gasteiger partial charge < -0.3 is 14.3 Å². The van der Waals surface area contributed by atoms with Gasteiger partial charge in [-0.15, -0.1) is 0 Å². The fraction of sp³-hybridized carbons (Fsp3) is 0.345. The first-order valence-corrected chi connectivity index (χ1v) is 14.3. The second-order valence-electron chi connectivity index (χ2n) is 9.79. The van der Waals surface area contributed by atoms with Gasteiger partial charge in [0.1, 0.15) is 11.5 Å². The van der Waals surface area contributed by atoms with Crippen molar-refractivity contribution in [3.05, 3.63) is 66.2 Å². The zero-order chi connectivity index (χ0) is 39.0. The minimum absolute atomic E-state index is 0.106. The highest BCUT2D eigenvalue weighted by molar-refractivity contribution is 7.99. The molecule has 0 fully saturated rings. The monoisotopic (exact) mass is 769 g/mol. The Morgan fingerprint density at radius 1 is 0.706 bits per heavy atom. The van der Waals surface area contributed by atoms with Gasteiger partial charge in [-0.3, -0.25) is 9.59 Å². The normalized spacial score (nSPS) is 13.0. The number of hydrogen-bond donors (Lipinski definition) is 0. The molecule has 0 aliphatic heterocycles. The van der Waals surface area contributed by atoms with Crippen molar-refractivity contribution in [3.63, 3.8) is 0 Å². The van der Waals surface area contributed by atoms with Crippen LogP contribution in [0.15, 0.2) is 75.6 Å². The van der Waals surface area contributed by atoms with Gasteiger partial charge in [-0.2, -0.15) is 48.3 Å². The van der Waals surface area contributed by atoms with E-state index in [0.29, 0.717) is 10.6 Å². The van der Waals surface area contributed by atoms with Gasteiger partial charge in [0.25, 0.3) is 0 Å². The van der Waals surface area contributed by atoms with E-state index in [1.807, 2.05) is 0 Å². The number of alkyl halides is 11. The van der Waals surface area contributed by atoms with Crippen molar-refractivity contribution >= 4 is 41.2 Å². The van der Waals surface area contributed by atoms with Crippen LogP contribution in [0.2, 0.25) is 0 Å². The van der Waals surface area contributed by atoms with E-state index in [1.54, 1.807) is 41.1 Å². The molecule has 0 aliphatic rings. The van der Waals surface area contributed by atoms with Crippen LogP contribution in [0.4, 0.5) is 48.3 Å². The maximum atomic E-state index is 13.6. The summed E-state index contributed by atoms with van der Waals surface area (Å²) in [7, 11) is 0. The standard InChI is InChI=1S/C29H22F11NO9S/c1-15(2)24(45)47-18-6-10-20(11-7-18)51-19-8-4-17(5-9-19)23(44)16(3)41-48-22(43)13-12-21(42)46-14-25(30,31)49-28(37,38)29(39,40)50-27(35,36)26(32,33)34/h4-11H,1,12-14H2,2-3H3/b41-16+. The van der Waals surface area contributed by atoms with Gasteiger partial charge in [-0.1, -0.05) is 23.5 Å². The van der Waals surface area contributed by atoms with Crippen LogP contribution in [-0.4, -0.2) is 66.6 Å². The number of ether oxygens (including phenoxy) is 4. The van der Waals surface area contributed by atoms with Gasteiger partial charge >= 0.3 is 48.5 Å². The minimum Gasteiger partial charge on any atom is -0.456 e. The van der Waals surface area contributed by atoms with Crippen LogP contribution in [0.5, 0.6) is 5.75 Å². The first-order valence-electron chi connectivity index (χ1n) is 13.4. The summed E-state index contributed by atoms with van der Waals surface area (Å²) >= 11 is 1.30. The number of ketones is 1. The molecule has 10 nitrogen and oxygen atoms in total. The molecule has 0 amide bonds. The van der Waals surface area contributed by atoms with Crippen molar-refractivity contribution in [2.24, 2.45) is 5.16 Å². The summed E-state index contributed by atoms with van der Waals surface area (Å²) in [5.41, 5.74) is -0.0336. The summed E-state index contributed by atoms with van der Waals surface area (Å²) < 4.78 is 154. The number of nitrogens with zero attached hydrogens (tertiary/aromatic N) is 1. The van der Waals surface area contributed by atoms with E-state index in [-0.39, 0.29) is 16.8 Å². The largest absolute Gasteiger partial charge is 0.483 e. The Labute approximate surface area is 283 Å². The third-order valence-electron chi connectivity index (χ3n) is 5.49. The molecule has 280 valence electrons. The van der Waals surface area contributed by atoms with Crippen molar-refractivity contribution in [2.45, 2.75) is 67.1 Å². The molecule has 2 aromatic rings. The summed E-state index contributed by atoms with van der Waals surface area (Å²) in [4.78, 5) is 53.5. The summed E-state index contributed by atoms with van der Waals surface area (Å²) in [6.45, 7) is 3.53. The number of hydrogen-bond acceptors (Lipinski definition) is 11. The minimum atomic E-state index is -6.97. The van der Waals surface area contributed by atoms with E-state index in [0.717, 1.165) is 11.8 Å². The lowest BCUT2D eigenvalue weighted by atomic mass is 10.1. The summed E-state index contributed by atoms with van der Waals surface area (Å²) in [5, 5.41) is 3.29. The molecule has 0 unspecified atom stereocenters. The van der Waals surface area contributed by atoms with Crippen molar-refractivity contribution < 1.29 is 91.3 Å². The average molecular weight is 770 g/mol. The molecule has 0 atom stereocenters. The molecule has 0 saturated carbocycles. The Kier molecular flexibility index (Phi) is 13.9. The van der Waals surface area contributed by atoms with Crippen LogP contribution in [-0.2, 0) is 33.4 Å². The molecule has 2 rings (SSSR count). The lowest BCUT2D eigenvalue weighted by Crippen LogP contribution is -2.55. The number of benzene rings is 2. The van der Waals surface area contributed by atoms with Gasteiger partial charge in [-0.05, 0) is 62.4 Å². The molecular weight excluding hydrogens is 747 g/mol. The van der Waals surface area contributed by atoms with Gasteiger partial charge in [0, 0.05) is 20.9 Å². The fourth-order valence-corrected chi connectivity index (χ4v) is 3.81. The first kappa shape index (κ1) is 42.6. The van der Waals surface area contributed by atoms with Crippen molar-refractivity contribution in [1.29, 1.82) is 0 Å². The van der Waals surface area contributed by atoms with Crippen molar-refractivity contribution in [3.8, 4) is 5.75 Å². The lowest BCUT2D eigenvalue weighted by Gasteiger charge is -2.31. The maximum Gasteiger partial charge on any atom is 0.483 e. The van der Waals surface area contributed by atoms with Gasteiger partial charge in [0.05, 0.1) is 12.8 Å². The van der Waals surface area contributed by atoms with Crippen LogP contribution in [0, 0.1) is 0 Å². The summed E-state index contributed by atoms with van der Waals surface area (Å²) in [6, 6.07) is 12.5. The quantitative estimate of drug-likeness (QED) is 0.0231. The first-order chi connectivity index (χ1) is 23.2. The van der Waals surface area contributed by atoms with Crippen LogP contribution < -0.4 is 4.74 Å². The third kappa shape index (κ3) is 12.9. The lowest BCUT2D eigenvalue weighted by molar-refractivity contribution is -0.537. The number of esters is 2. The van der Waals surface area contributed by atoms with E-state index in [9.17, 15) is 67.5 Å². The molecule has 0 N–H and O–H groups in total. The second-order valence-corrected chi connectivity index (χ2v) is 10.9. The second kappa shape index (κ2) is 16.6.